The first-order chi connectivity index (χ1) is 9.52. The highest BCUT2D eigenvalue weighted by molar-refractivity contribution is 9.10. The highest BCUT2D eigenvalue weighted by atomic mass is 79.9. The smallest absolute Gasteiger partial charge is 0.142 e. The Morgan fingerprint density at radius 1 is 1.20 bits per heavy atom. The van der Waals surface area contributed by atoms with Gasteiger partial charge in [0, 0.05) is 16.1 Å². The maximum atomic E-state index is 14.0. The van der Waals surface area contributed by atoms with Gasteiger partial charge in [0.2, 0.25) is 0 Å². The second kappa shape index (κ2) is 6.66. The van der Waals surface area contributed by atoms with Gasteiger partial charge in [0.15, 0.2) is 0 Å². The standard InChI is InChI=1S/C15H13BrClF2N/c1-20-14(11-6-5-10(16)8-13(11)19)7-9-3-2-4-12(18)15(9)17/h2-6,8,14,20H,7H2,1H3. The van der Waals surface area contributed by atoms with E-state index in [-0.39, 0.29) is 16.9 Å². The Labute approximate surface area is 130 Å². The molecule has 2 rings (SSSR count). The molecular weight excluding hydrogens is 348 g/mol. The first-order valence-corrected chi connectivity index (χ1v) is 7.25. The molecule has 1 nitrogen and oxygen atoms in total. The fourth-order valence-corrected chi connectivity index (χ4v) is 2.61. The van der Waals surface area contributed by atoms with Gasteiger partial charge < -0.3 is 5.32 Å². The third kappa shape index (κ3) is 3.37. The van der Waals surface area contributed by atoms with E-state index >= 15 is 0 Å². The summed E-state index contributed by atoms with van der Waals surface area (Å²) in [4.78, 5) is 0. The summed E-state index contributed by atoms with van der Waals surface area (Å²) in [5.74, 6) is -0.776. The Balaban J connectivity index is 2.31. The Morgan fingerprint density at radius 2 is 1.95 bits per heavy atom. The molecule has 0 fully saturated rings. The fraction of sp³-hybridized carbons (Fsp3) is 0.200. The summed E-state index contributed by atoms with van der Waals surface area (Å²) < 4.78 is 28.1. The predicted octanol–water partition coefficient (Wildman–Crippen LogP) is 4.88. The van der Waals surface area contributed by atoms with E-state index in [2.05, 4.69) is 21.2 Å². The number of halogens is 4. The van der Waals surface area contributed by atoms with Gasteiger partial charge in [-0.3, -0.25) is 0 Å². The maximum absolute atomic E-state index is 14.0. The third-order valence-corrected chi connectivity index (χ3v) is 4.06. The second-order valence-electron chi connectivity index (χ2n) is 4.42. The van der Waals surface area contributed by atoms with Gasteiger partial charge in [-0.25, -0.2) is 8.78 Å². The molecule has 0 radical (unpaired) electrons. The maximum Gasteiger partial charge on any atom is 0.142 e. The Morgan fingerprint density at radius 3 is 2.60 bits per heavy atom. The van der Waals surface area contributed by atoms with Crippen molar-refractivity contribution in [3.8, 4) is 0 Å². The van der Waals surface area contributed by atoms with E-state index in [9.17, 15) is 8.78 Å². The molecule has 106 valence electrons. The number of hydrogen-bond donors (Lipinski definition) is 1. The number of hydrogen-bond acceptors (Lipinski definition) is 1. The molecule has 20 heavy (non-hydrogen) atoms. The first kappa shape index (κ1) is 15.4. The molecule has 0 heterocycles. The van der Waals surface area contributed by atoms with Crippen LogP contribution in [0.5, 0.6) is 0 Å². The third-order valence-electron chi connectivity index (χ3n) is 3.14. The Hall–Kier alpha value is -0.970. The lowest BCUT2D eigenvalue weighted by Gasteiger charge is -2.18. The minimum atomic E-state index is -0.463. The summed E-state index contributed by atoms with van der Waals surface area (Å²) in [5, 5.41) is 3.13. The van der Waals surface area contributed by atoms with Gasteiger partial charge in [-0.1, -0.05) is 45.7 Å². The average Bonchev–Trinajstić information content (AvgIpc) is 2.41. The molecule has 1 N–H and O–H groups in total. The SMILES string of the molecule is CNC(Cc1cccc(F)c1Cl)c1ccc(Br)cc1F. The monoisotopic (exact) mass is 359 g/mol. The van der Waals surface area contributed by atoms with Crippen LogP contribution in [0.3, 0.4) is 0 Å². The molecule has 2 aromatic rings. The van der Waals surface area contributed by atoms with Crippen LogP contribution in [-0.2, 0) is 6.42 Å². The van der Waals surface area contributed by atoms with Crippen molar-refractivity contribution in [1.29, 1.82) is 0 Å². The van der Waals surface area contributed by atoms with Gasteiger partial charge in [-0.15, -0.1) is 0 Å². The van der Waals surface area contributed by atoms with Gasteiger partial charge in [0.1, 0.15) is 11.6 Å². The normalized spacial score (nSPS) is 12.4. The van der Waals surface area contributed by atoms with E-state index in [0.717, 1.165) is 0 Å². The van der Waals surface area contributed by atoms with Crippen molar-refractivity contribution >= 4 is 27.5 Å². The molecule has 1 atom stereocenters. The molecule has 0 aromatic heterocycles. The largest absolute Gasteiger partial charge is 0.313 e. The molecule has 0 saturated carbocycles. The van der Waals surface area contributed by atoms with Crippen LogP contribution in [0.1, 0.15) is 17.2 Å². The zero-order valence-corrected chi connectivity index (χ0v) is 13.1. The van der Waals surface area contributed by atoms with Gasteiger partial charge >= 0.3 is 0 Å². The van der Waals surface area contributed by atoms with Gasteiger partial charge in [0.05, 0.1) is 5.02 Å². The molecular formula is C15H13BrClF2N. The molecule has 0 amide bonds. The summed E-state index contributed by atoms with van der Waals surface area (Å²) in [7, 11) is 1.74. The first-order valence-electron chi connectivity index (χ1n) is 6.08. The van der Waals surface area contributed by atoms with Crippen LogP contribution in [-0.4, -0.2) is 7.05 Å². The van der Waals surface area contributed by atoms with Crippen LogP contribution in [0, 0.1) is 11.6 Å². The van der Waals surface area contributed by atoms with Gasteiger partial charge in [0.25, 0.3) is 0 Å². The lowest BCUT2D eigenvalue weighted by molar-refractivity contribution is 0.532. The van der Waals surface area contributed by atoms with Gasteiger partial charge in [-0.05, 0) is 37.2 Å². The lowest BCUT2D eigenvalue weighted by Crippen LogP contribution is -2.20. The molecule has 1 unspecified atom stereocenters. The predicted molar refractivity (Wildman–Crippen MR) is 81.0 cm³/mol. The molecule has 5 heteroatoms. The quantitative estimate of drug-likeness (QED) is 0.819. The zero-order valence-electron chi connectivity index (χ0n) is 10.8. The minimum absolute atomic E-state index is 0.0882. The highest BCUT2D eigenvalue weighted by Gasteiger charge is 2.17. The van der Waals surface area contributed by atoms with Crippen molar-refractivity contribution in [2.24, 2.45) is 0 Å². The Bertz CT molecular complexity index is 619. The molecule has 0 bridgehead atoms. The average molecular weight is 361 g/mol. The van der Waals surface area contributed by atoms with Gasteiger partial charge in [-0.2, -0.15) is 0 Å². The molecule has 0 saturated heterocycles. The minimum Gasteiger partial charge on any atom is -0.313 e. The van der Waals surface area contributed by atoms with E-state index in [0.29, 0.717) is 22.0 Å². The summed E-state index contributed by atoms with van der Waals surface area (Å²) in [6, 6.07) is 9.26. The van der Waals surface area contributed by atoms with E-state index in [1.54, 1.807) is 31.3 Å². The molecule has 0 aliphatic carbocycles. The van der Waals surface area contributed by atoms with Crippen molar-refractivity contribution < 1.29 is 8.78 Å². The van der Waals surface area contributed by atoms with Crippen LogP contribution in [0.15, 0.2) is 40.9 Å². The molecule has 0 aliphatic rings. The van der Waals surface area contributed by atoms with E-state index in [1.807, 2.05) is 0 Å². The van der Waals surface area contributed by atoms with Crippen LogP contribution in [0.4, 0.5) is 8.78 Å². The summed E-state index contributed by atoms with van der Waals surface area (Å²) in [6.07, 6.45) is 0.408. The van der Waals surface area contributed by atoms with E-state index < -0.39 is 5.82 Å². The number of benzene rings is 2. The molecule has 0 aliphatic heterocycles. The number of likely N-dealkylation sites (N-methyl/N-ethyl adjacent to an activating group) is 1. The lowest BCUT2D eigenvalue weighted by atomic mass is 9.98. The van der Waals surface area contributed by atoms with Crippen molar-refractivity contribution in [3.63, 3.8) is 0 Å². The van der Waals surface area contributed by atoms with Crippen LogP contribution in [0.25, 0.3) is 0 Å². The Kier molecular flexibility index (Phi) is 5.13. The second-order valence-corrected chi connectivity index (χ2v) is 5.72. The van der Waals surface area contributed by atoms with Crippen molar-refractivity contribution in [2.45, 2.75) is 12.5 Å². The topological polar surface area (TPSA) is 12.0 Å². The highest BCUT2D eigenvalue weighted by Crippen LogP contribution is 2.27. The summed E-state index contributed by atoms with van der Waals surface area (Å²) >= 11 is 9.17. The van der Waals surface area contributed by atoms with Crippen LogP contribution >= 0.6 is 27.5 Å². The van der Waals surface area contributed by atoms with Crippen LogP contribution in [0.2, 0.25) is 5.02 Å². The number of rotatable bonds is 4. The van der Waals surface area contributed by atoms with Crippen molar-refractivity contribution in [3.05, 3.63) is 68.7 Å². The van der Waals surface area contributed by atoms with E-state index in [1.165, 1.54) is 12.1 Å². The fourth-order valence-electron chi connectivity index (χ4n) is 2.08. The van der Waals surface area contributed by atoms with E-state index in [4.69, 9.17) is 11.6 Å². The van der Waals surface area contributed by atoms with Crippen molar-refractivity contribution in [2.75, 3.05) is 7.05 Å². The number of nitrogens with one attached hydrogen (secondary N) is 1. The molecule has 2 aromatic carbocycles. The summed E-state index contributed by atoms with van der Waals surface area (Å²) in [6.45, 7) is 0. The zero-order chi connectivity index (χ0) is 14.7. The summed E-state index contributed by atoms with van der Waals surface area (Å²) in [5.41, 5.74) is 1.17. The van der Waals surface area contributed by atoms with Crippen molar-refractivity contribution in [1.82, 2.24) is 5.32 Å². The molecule has 0 spiro atoms. The van der Waals surface area contributed by atoms with Crippen LogP contribution < -0.4 is 5.32 Å².